The summed E-state index contributed by atoms with van der Waals surface area (Å²) in [6.07, 6.45) is 2.66. The molecule has 0 aromatic carbocycles. The Hall–Kier alpha value is -0.610. The van der Waals surface area contributed by atoms with E-state index >= 15 is 0 Å². The fraction of sp³-hybridized carbons (Fsp3) is 0.923. The van der Waals surface area contributed by atoms with Crippen LogP contribution in [0.2, 0.25) is 0 Å². The van der Waals surface area contributed by atoms with Crippen molar-refractivity contribution in [3.05, 3.63) is 0 Å². The molecule has 4 heteroatoms. The molecule has 4 nitrogen and oxygen atoms in total. The van der Waals surface area contributed by atoms with Crippen LogP contribution in [-0.2, 0) is 4.79 Å². The number of likely N-dealkylation sites (N-methyl/N-ethyl adjacent to an activating group) is 1. The Kier molecular flexibility index (Phi) is 4.55. The standard InChI is InChI=1S/C13H26N2O2/c1-9-7-10(5-6-11(9)14)12(17)15(4)13(2,3)8-16/h9-11,16H,5-8,14H2,1-4H3. The second-order valence-electron chi connectivity index (χ2n) is 6.02. The van der Waals surface area contributed by atoms with Crippen LogP contribution in [0.15, 0.2) is 0 Å². The summed E-state index contributed by atoms with van der Waals surface area (Å²) in [4.78, 5) is 14.0. The van der Waals surface area contributed by atoms with Gasteiger partial charge in [-0.2, -0.15) is 0 Å². The van der Waals surface area contributed by atoms with Crippen molar-refractivity contribution in [2.24, 2.45) is 17.6 Å². The lowest BCUT2D eigenvalue weighted by Crippen LogP contribution is -2.51. The Balaban J connectivity index is 2.65. The van der Waals surface area contributed by atoms with E-state index in [2.05, 4.69) is 6.92 Å². The van der Waals surface area contributed by atoms with Gasteiger partial charge in [0.2, 0.25) is 5.91 Å². The molecule has 3 unspecified atom stereocenters. The molecule has 1 aliphatic rings. The summed E-state index contributed by atoms with van der Waals surface area (Å²) < 4.78 is 0. The van der Waals surface area contributed by atoms with Crippen LogP contribution < -0.4 is 5.73 Å². The number of carbonyl (C=O) groups excluding carboxylic acids is 1. The van der Waals surface area contributed by atoms with E-state index in [0.29, 0.717) is 5.92 Å². The van der Waals surface area contributed by atoms with Crippen LogP contribution >= 0.6 is 0 Å². The van der Waals surface area contributed by atoms with Crippen molar-refractivity contribution in [1.82, 2.24) is 4.90 Å². The van der Waals surface area contributed by atoms with E-state index in [4.69, 9.17) is 5.73 Å². The van der Waals surface area contributed by atoms with Crippen LogP contribution in [-0.4, -0.2) is 41.1 Å². The number of aliphatic hydroxyl groups excluding tert-OH is 1. The maximum atomic E-state index is 12.3. The molecule has 0 bridgehead atoms. The summed E-state index contributed by atoms with van der Waals surface area (Å²) in [5.74, 6) is 0.617. The van der Waals surface area contributed by atoms with Gasteiger partial charge >= 0.3 is 0 Å². The highest BCUT2D eigenvalue weighted by molar-refractivity contribution is 5.79. The van der Waals surface area contributed by atoms with Gasteiger partial charge in [0.05, 0.1) is 12.1 Å². The molecule has 1 rings (SSSR count). The quantitative estimate of drug-likeness (QED) is 0.775. The molecular formula is C13H26N2O2. The van der Waals surface area contributed by atoms with Gasteiger partial charge in [0, 0.05) is 19.0 Å². The lowest BCUT2D eigenvalue weighted by atomic mass is 9.78. The SMILES string of the molecule is CC1CC(C(=O)N(C)C(C)(C)CO)CCC1N. The summed E-state index contributed by atoms with van der Waals surface area (Å²) in [7, 11) is 1.78. The van der Waals surface area contributed by atoms with Gasteiger partial charge in [-0.05, 0) is 39.0 Å². The van der Waals surface area contributed by atoms with Crippen LogP contribution in [0.1, 0.15) is 40.0 Å². The Morgan fingerprint density at radius 3 is 2.53 bits per heavy atom. The molecule has 1 fully saturated rings. The van der Waals surface area contributed by atoms with Crippen molar-refractivity contribution in [3.8, 4) is 0 Å². The average Bonchev–Trinajstić information content (AvgIpc) is 2.30. The monoisotopic (exact) mass is 242 g/mol. The van der Waals surface area contributed by atoms with Crippen LogP contribution in [0.5, 0.6) is 0 Å². The van der Waals surface area contributed by atoms with Gasteiger partial charge in [0.1, 0.15) is 0 Å². The van der Waals surface area contributed by atoms with E-state index in [1.165, 1.54) is 0 Å². The molecule has 1 saturated carbocycles. The third-order valence-electron chi connectivity index (χ3n) is 4.21. The minimum atomic E-state index is -0.486. The van der Waals surface area contributed by atoms with Crippen molar-refractivity contribution in [3.63, 3.8) is 0 Å². The summed E-state index contributed by atoms with van der Waals surface area (Å²) in [6, 6.07) is 0.232. The van der Waals surface area contributed by atoms with Crippen molar-refractivity contribution >= 4 is 5.91 Å². The van der Waals surface area contributed by atoms with Gasteiger partial charge in [-0.15, -0.1) is 0 Å². The van der Waals surface area contributed by atoms with E-state index < -0.39 is 5.54 Å². The molecule has 0 aliphatic heterocycles. The summed E-state index contributed by atoms with van der Waals surface area (Å²) in [5, 5.41) is 9.29. The van der Waals surface area contributed by atoms with Crippen LogP contribution in [0, 0.1) is 11.8 Å². The van der Waals surface area contributed by atoms with Crippen molar-refractivity contribution < 1.29 is 9.90 Å². The van der Waals surface area contributed by atoms with Crippen LogP contribution in [0.3, 0.4) is 0 Å². The molecule has 3 N–H and O–H groups in total. The molecule has 0 heterocycles. The molecule has 1 aliphatic carbocycles. The topological polar surface area (TPSA) is 66.6 Å². The number of amides is 1. The molecule has 17 heavy (non-hydrogen) atoms. The summed E-state index contributed by atoms with van der Waals surface area (Å²) in [5.41, 5.74) is 5.48. The van der Waals surface area contributed by atoms with Gasteiger partial charge < -0.3 is 15.7 Å². The molecule has 0 spiro atoms. The fourth-order valence-corrected chi connectivity index (χ4v) is 2.32. The number of hydrogen-bond acceptors (Lipinski definition) is 3. The van der Waals surface area contributed by atoms with Gasteiger partial charge in [0.15, 0.2) is 0 Å². The second kappa shape index (κ2) is 5.36. The Morgan fingerprint density at radius 2 is 2.06 bits per heavy atom. The first-order chi connectivity index (χ1) is 7.79. The number of rotatable bonds is 3. The van der Waals surface area contributed by atoms with E-state index in [0.717, 1.165) is 19.3 Å². The highest BCUT2D eigenvalue weighted by atomic mass is 16.3. The number of nitrogens with zero attached hydrogens (tertiary/aromatic N) is 1. The predicted molar refractivity (Wildman–Crippen MR) is 68.4 cm³/mol. The summed E-state index contributed by atoms with van der Waals surface area (Å²) >= 11 is 0. The smallest absolute Gasteiger partial charge is 0.225 e. The molecule has 0 radical (unpaired) electrons. The third-order valence-corrected chi connectivity index (χ3v) is 4.21. The average molecular weight is 242 g/mol. The largest absolute Gasteiger partial charge is 0.394 e. The number of nitrogens with two attached hydrogens (primary N) is 1. The van der Waals surface area contributed by atoms with Crippen LogP contribution in [0.4, 0.5) is 0 Å². The van der Waals surface area contributed by atoms with E-state index in [1.54, 1.807) is 11.9 Å². The molecule has 0 aromatic heterocycles. The van der Waals surface area contributed by atoms with E-state index in [1.807, 2.05) is 13.8 Å². The number of carbonyl (C=O) groups is 1. The Bertz CT molecular complexity index is 279. The molecule has 3 atom stereocenters. The van der Waals surface area contributed by atoms with Crippen molar-refractivity contribution in [2.75, 3.05) is 13.7 Å². The summed E-state index contributed by atoms with van der Waals surface area (Å²) in [6.45, 7) is 5.85. The normalized spacial score (nSPS) is 30.1. The zero-order chi connectivity index (χ0) is 13.2. The van der Waals surface area contributed by atoms with Crippen molar-refractivity contribution in [1.29, 1.82) is 0 Å². The lowest BCUT2D eigenvalue weighted by molar-refractivity contribution is -0.142. The van der Waals surface area contributed by atoms with Gasteiger partial charge in [-0.25, -0.2) is 0 Å². The zero-order valence-electron chi connectivity index (χ0n) is 11.4. The van der Waals surface area contributed by atoms with Gasteiger partial charge in [0.25, 0.3) is 0 Å². The Labute approximate surface area is 104 Å². The molecule has 1 amide bonds. The fourth-order valence-electron chi connectivity index (χ4n) is 2.32. The second-order valence-corrected chi connectivity index (χ2v) is 6.02. The molecule has 100 valence electrons. The Morgan fingerprint density at radius 1 is 1.47 bits per heavy atom. The van der Waals surface area contributed by atoms with E-state index in [9.17, 15) is 9.90 Å². The maximum Gasteiger partial charge on any atom is 0.225 e. The minimum absolute atomic E-state index is 0.0168. The predicted octanol–water partition coefficient (Wildman–Crippen LogP) is 0.979. The highest BCUT2D eigenvalue weighted by Crippen LogP contribution is 2.30. The molecule has 0 aromatic rings. The van der Waals surface area contributed by atoms with Gasteiger partial charge in [-0.1, -0.05) is 6.92 Å². The first kappa shape index (κ1) is 14.5. The third kappa shape index (κ3) is 3.19. The minimum Gasteiger partial charge on any atom is -0.394 e. The van der Waals surface area contributed by atoms with Gasteiger partial charge in [-0.3, -0.25) is 4.79 Å². The zero-order valence-corrected chi connectivity index (χ0v) is 11.4. The highest BCUT2D eigenvalue weighted by Gasteiger charge is 2.35. The van der Waals surface area contributed by atoms with Crippen molar-refractivity contribution in [2.45, 2.75) is 51.6 Å². The lowest BCUT2D eigenvalue weighted by Gasteiger charge is -2.39. The molecular weight excluding hydrogens is 216 g/mol. The first-order valence-corrected chi connectivity index (χ1v) is 6.43. The van der Waals surface area contributed by atoms with Crippen LogP contribution in [0.25, 0.3) is 0 Å². The van der Waals surface area contributed by atoms with E-state index in [-0.39, 0.29) is 24.5 Å². The first-order valence-electron chi connectivity index (χ1n) is 6.43. The number of hydrogen-bond donors (Lipinski definition) is 2. The maximum absolute atomic E-state index is 12.3. The molecule has 0 saturated heterocycles. The number of aliphatic hydroxyl groups is 1.